The maximum atomic E-state index is 10.5. The van der Waals surface area contributed by atoms with Crippen LogP contribution >= 0.6 is 0 Å². The fourth-order valence-electron chi connectivity index (χ4n) is 1.21. The van der Waals surface area contributed by atoms with Crippen LogP contribution in [0, 0.1) is 0 Å². The summed E-state index contributed by atoms with van der Waals surface area (Å²) < 4.78 is 10.3. The van der Waals surface area contributed by atoms with Gasteiger partial charge in [0.25, 0.3) is 0 Å². The van der Waals surface area contributed by atoms with Crippen LogP contribution in [0.25, 0.3) is 0 Å². The summed E-state index contributed by atoms with van der Waals surface area (Å²) in [6.45, 7) is 5.39. The van der Waals surface area contributed by atoms with Crippen molar-refractivity contribution in [2.75, 3.05) is 0 Å². The van der Waals surface area contributed by atoms with E-state index in [4.69, 9.17) is 9.47 Å². The van der Waals surface area contributed by atoms with Gasteiger partial charge in [-0.2, -0.15) is 0 Å². The molecule has 0 saturated carbocycles. The van der Waals surface area contributed by atoms with E-state index in [1.54, 1.807) is 0 Å². The van der Waals surface area contributed by atoms with Crippen molar-refractivity contribution in [3.8, 4) is 0 Å². The van der Waals surface area contributed by atoms with E-state index in [2.05, 4.69) is 0 Å². The van der Waals surface area contributed by atoms with Crippen molar-refractivity contribution in [2.45, 2.75) is 45.5 Å². The normalized spacial score (nSPS) is 28.5. The lowest BCUT2D eigenvalue weighted by atomic mass is 10.1. The Morgan fingerprint density at radius 3 is 2.64 bits per heavy atom. The first kappa shape index (κ1) is 8.53. The molecule has 0 bridgehead atoms. The number of carbonyl (C=O) groups is 1. The second-order valence-electron chi connectivity index (χ2n) is 3.46. The third-order valence-corrected chi connectivity index (χ3v) is 1.73. The largest absolute Gasteiger partial charge is 0.436 e. The first-order chi connectivity index (χ1) is 4.99. The Kier molecular flexibility index (Phi) is 2.18. The smallest absolute Gasteiger partial charge is 0.304 e. The van der Waals surface area contributed by atoms with Gasteiger partial charge in [-0.05, 0) is 20.3 Å². The highest BCUT2D eigenvalue weighted by molar-refractivity contribution is 5.66. The van der Waals surface area contributed by atoms with Crippen LogP contribution in [0.2, 0.25) is 0 Å². The van der Waals surface area contributed by atoms with Gasteiger partial charge in [-0.3, -0.25) is 4.79 Å². The molecule has 1 aliphatic rings. The fourth-order valence-corrected chi connectivity index (χ4v) is 1.21. The van der Waals surface area contributed by atoms with Crippen LogP contribution in [0.5, 0.6) is 0 Å². The molecule has 0 N–H and O–H groups in total. The third kappa shape index (κ3) is 2.50. The predicted molar refractivity (Wildman–Crippen MR) is 40.0 cm³/mol. The van der Waals surface area contributed by atoms with Gasteiger partial charge in [0, 0.05) is 13.3 Å². The molecule has 0 amide bonds. The van der Waals surface area contributed by atoms with Crippen LogP contribution in [-0.4, -0.2) is 17.9 Å². The van der Waals surface area contributed by atoms with Gasteiger partial charge in [0.2, 0.25) is 6.29 Å². The summed E-state index contributed by atoms with van der Waals surface area (Å²) in [5, 5.41) is 0. The van der Waals surface area contributed by atoms with Crippen molar-refractivity contribution < 1.29 is 14.3 Å². The van der Waals surface area contributed by atoms with E-state index in [9.17, 15) is 4.79 Å². The zero-order valence-electron chi connectivity index (χ0n) is 7.22. The zero-order chi connectivity index (χ0) is 8.48. The van der Waals surface area contributed by atoms with Crippen LogP contribution in [0.3, 0.4) is 0 Å². The summed E-state index contributed by atoms with van der Waals surface area (Å²) in [7, 11) is 0. The molecule has 1 saturated heterocycles. The molecule has 3 nitrogen and oxygen atoms in total. The monoisotopic (exact) mass is 158 g/mol. The van der Waals surface area contributed by atoms with Crippen LogP contribution in [-0.2, 0) is 14.3 Å². The maximum absolute atomic E-state index is 10.5. The van der Waals surface area contributed by atoms with Gasteiger partial charge in [-0.15, -0.1) is 0 Å². The molecule has 0 spiro atoms. The molecule has 0 aliphatic carbocycles. The van der Waals surface area contributed by atoms with E-state index in [-0.39, 0.29) is 17.9 Å². The zero-order valence-corrected chi connectivity index (χ0v) is 7.22. The highest BCUT2D eigenvalue weighted by atomic mass is 16.7. The Balaban J connectivity index is 2.36. The number of hydrogen-bond donors (Lipinski definition) is 0. The van der Waals surface area contributed by atoms with E-state index in [0.717, 1.165) is 12.8 Å². The highest BCUT2D eigenvalue weighted by Crippen LogP contribution is 2.29. The summed E-state index contributed by atoms with van der Waals surface area (Å²) in [5.74, 6) is -0.271. The van der Waals surface area contributed by atoms with Crippen LogP contribution in [0.4, 0.5) is 0 Å². The van der Waals surface area contributed by atoms with Gasteiger partial charge < -0.3 is 9.47 Å². The lowest BCUT2D eigenvalue weighted by Gasteiger charge is -2.18. The fraction of sp³-hybridized carbons (Fsp3) is 0.875. The van der Waals surface area contributed by atoms with Crippen LogP contribution in [0.1, 0.15) is 33.6 Å². The van der Waals surface area contributed by atoms with E-state index in [0.29, 0.717) is 0 Å². The Labute approximate surface area is 66.7 Å². The van der Waals surface area contributed by atoms with Gasteiger partial charge in [-0.1, -0.05) is 0 Å². The van der Waals surface area contributed by atoms with Crippen molar-refractivity contribution >= 4 is 5.97 Å². The van der Waals surface area contributed by atoms with Gasteiger partial charge in [0.05, 0.1) is 5.60 Å². The van der Waals surface area contributed by atoms with Crippen molar-refractivity contribution in [1.82, 2.24) is 0 Å². The molecule has 3 heteroatoms. The van der Waals surface area contributed by atoms with Crippen molar-refractivity contribution in [3.63, 3.8) is 0 Å². The number of hydrogen-bond acceptors (Lipinski definition) is 3. The van der Waals surface area contributed by atoms with Crippen molar-refractivity contribution in [1.29, 1.82) is 0 Å². The summed E-state index contributed by atoms with van der Waals surface area (Å²) in [4.78, 5) is 10.5. The molecule has 1 heterocycles. The molecule has 1 unspecified atom stereocenters. The van der Waals surface area contributed by atoms with E-state index < -0.39 is 0 Å². The summed E-state index contributed by atoms with van der Waals surface area (Å²) in [6, 6.07) is 0. The first-order valence-electron chi connectivity index (χ1n) is 3.85. The molecule has 1 atom stereocenters. The Bertz CT molecular complexity index is 163. The van der Waals surface area contributed by atoms with Crippen molar-refractivity contribution in [2.24, 2.45) is 0 Å². The summed E-state index contributed by atoms with van der Waals surface area (Å²) >= 11 is 0. The van der Waals surface area contributed by atoms with Gasteiger partial charge in [0.15, 0.2) is 0 Å². The number of rotatable bonds is 1. The number of esters is 1. The topological polar surface area (TPSA) is 35.5 Å². The minimum atomic E-state index is -0.317. The second kappa shape index (κ2) is 2.81. The number of ether oxygens (including phenoxy) is 2. The third-order valence-electron chi connectivity index (χ3n) is 1.73. The lowest BCUT2D eigenvalue weighted by Crippen LogP contribution is -2.22. The average molecular weight is 158 g/mol. The standard InChI is InChI=1S/C8H14O3/c1-6(9)10-7-4-5-8(2,3)11-7/h7H,4-5H2,1-3H3. The molecule has 1 aliphatic heterocycles. The molecule has 64 valence electrons. The molecule has 0 aromatic rings. The number of carbonyl (C=O) groups excluding carboxylic acids is 1. The predicted octanol–water partition coefficient (Wildman–Crippen LogP) is 1.46. The molecule has 1 rings (SSSR count). The molecule has 0 aromatic carbocycles. The van der Waals surface area contributed by atoms with E-state index in [1.165, 1.54) is 6.92 Å². The van der Waals surface area contributed by atoms with Gasteiger partial charge in [0.1, 0.15) is 0 Å². The molecule has 1 fully saturated rings. The highest BCUT2D eigenvalue weighted by Gasteiger charge is 2.33. The van der Waals surface area contributed by atoms with Gasteiger partial charge in [-0.25, -0.2) is 0 Å². The van der Waals surface area contributed by atoms with Gasteiger partial charge >= 0.3 is 5.97 Å². The molecular formula is C8H14O3. The molecule has 11 heavy (non-hydrogen) atoms. The SMILES string of the molecule is CC(=O)OC1CCC(C)(C)O1. The minimum Gasteiger partial charge on any atom is -0.436 e. The van der Waals surface area contributed by atoms with Crippen molar-refractivity contribution in [3.05, 3.63) is 0 Å². The summed E-state index contributed by atoms with van der Waals surface area (Å²) in [5.41, 5.74) is -0.125. The quantitative estimate of drug-likeness (QED) is 0.542. The second-order valence-corrected chi connectivity index (χ2v) is 3.46. The Hall–Kier alpha value is -0.570. The lowest BCUT2D eigenvalue weighted by molar-refractivity contribution is -0.181. The first-order valence-corrected chi connectivity index (χ1v) is 3.85. The van der Waals surface area contributed by atoms with E-state index >= 15 is 0 Å². The minimum absolute atomic E-state index is 0.125. The molecular weight excluding hydrogens is 144 g/mol. The molecule has 0 aromatic heterocycles. The molecule has 0 radical (unpaired) electrons. The average Bonchev–Trinajstić information content (AvgIpc) is 2.08. The van der Waals surface area contributed by atoms with Crippen LogP contribution < -0.4 is 0 Å². The van der Waals surface area contributed by atoms with E-state index in [1.807, 2.05) is 13.8 Å². The summed E-state index contributed by atoms with van der Waals surface area (Å²) in [6.07, 6.45) is 1.44. The Morgan fingerprint density at radius 2 is 2.27 bits per heavy atom. The maximum Gasteiger partial charge on any atom is 0.304 e. The van der Waals surface area contributed by atoms with Crippen LogP contribution in [0.15, 0.2) is 0 Å². The Morgan fingerprint density at radius 1 is 1.64 bits per heavy atom.